The van der Waals surface area contributed by atoms with E-state index in [-0.39, 0.29) is 24.0 Å². The van der Waals surface area contributed by atoms with Gasteiger partial charge in [0.1, 0.15) is 0 Å². The molecule has 17 heavy (non-hydrogen) atoms. The molecule has 0 aliphatic carbocycles. The third kappa shape index (κ3) is 7.91. The van der Waals surface area contributed by atoms with Gasteiger partial charge in [0.25, 0.3) is 0 Å². The van der Waals surface area contributed by atoms with Crippen LogP contribution in [0.5, 0.6) is 0 Å². The zero-order valence-electron chi connectivity index (χ0n) is 10.6. The minimum Gasteiger partial charge on any atom is -0.357 e. The monoisotopic (exact) mass is 369 g/mol. The summed E-state index contributed by atoms with van der Waals surface area (Å²) in [6.07, 6.45) is 4.48. The Labute approximate surface area is 126 Å². The van der Waals surface area contributed by atoms with Gasteiger partial charge in [0, 0.05) is 19.6 Å². The molecule has 100 valence electrons. The lowest BCUT2D eigenvalue weighted by Gasteiger charge is -2.20. The van der Waals surface area contributed by atoms with Crippen molar-refractivity contribution in [1.29, 1.82) is 0 Å². The first-order valence-corrected chi connectivity index (χ1v) is 7.23. The molecular weight excluding hydrogens is 345 g/mol. The SMILES string of the molecule is C=CCNC(=NCC1CCSCC1)NCC.I. The quantitative estimate of drug-likeness (QED) is 0.338. The van der Waals surface area contributed by atoms with Gasteiger partial charge >= 0.3 is 0 Å². The predicted octanol–water partition coefficient (Wildman–Crippen LogP) is 2.49. The molecule has 1 saturated heterocycles. The average molecular weight is 369 g/mol. The van der Waals surface area contributed by atoms with Gasteiger partial charge in [-0.1, -0.05) is 6.08 Å². The molecule has 0 radical (unpaired) electrons. The molecule has 0 amide bonds. The second kappa shape index (κ2) is 11.2. The molecule has 0 aromatic carbocycles. The molecule has 2 N–H and O–H groups in total. The van der Waals surface area contributed by atoms with E-state index in [1.54, 1.807) is 0 Å². The van der Waals surface area contributed by atoms with E-state index in [1.165, 1.54) is 24.3 Å². The number of hydrogen-bond acceptors (Lipinski definition) is 2. The van der Waals surface area contributed by atoms with E-state index in [4.69, 9.17) is 0 Å². The van der Waals surface area contributed by atoms with Crippen LogP contribution in [0.4, 0.5) is 0 Å². The molecule has 0 aromatic rings. The molecule has 0 spiro atoms. The van der Waals surface area contributed by atoms with E-state index < -0.39 is 0 Å². The van der Waals surface area contributed by atoms with Crippen molar-refractivity contribution in [3.8, 4) is 0 Å². The second-order valence-corrected chi connectivity index (χ2v) is 5.17. The highest BCUT2D eigenvalue weighted by atomic mass is 127. The molecule has 5 heteroatoms. The van der Waals surface area contributed by atoms with Crippen LogP contribution in [-0.4, -0.2) is 37.1 Å². The second-order valence-electron chi connectivity index (χ2n) is 3.94. The molecule has 0 saturated carbocycles. The highest BCUT2D eigenvalue weighted by molar-refractivity contribution is 14.0. The number of rotatable bonds is 5. The molecule has 1 fully saturated rings. The normalized spacial score (nSPS) is 17.1. The lowest BCUT2D eigenvalue weighted by atomic mass is 10.0. The lowest BCUT2D eigenvalue weighted by Crippen LogP contribution is -2.37. The van der Waals surface area contributed by atoms with Crippen LogP contribution in [0.3, 0.4) is 0 Å². The summed E-state index contributed by atoms with van der Waals surface area (Å²) in [7, 11) is 0. The zero-order chi connectivity index (χ0) is 11.6. The average Bonchev–Trinajstić information content (AvgIpc) is 2.34. The fourth-order valence-corrected chi connectivity index (χ4v) is 2.86. The summed E-state index contributed by atoms with van der Waals surface area (Å²) < 4.78 is 0. The predicted molar refractivity (Wildman–Crippen MR) is 89.6 cm³/mol. The van der Waals surface area contributed by atoms with Gasteiger partial charge in [-0.3, -0.25) is 4.99 Å². The van der Waals surface area contributed by atoms with E-state index in [0.29, 0.717) is 0 Å². The van der Waals surface area contributed by atoms with E-state index in [1.807, 2.05) is 6.08 Å². The summed E-state index contributed by atoms with van der Waals surface area (Å²) in [5.41, 5.74) is 0. The third-order valence-corrected chi connectivity index (χ3v) is 3.66. The fraction of sp³-hybridized carbons (Fsp3) is 0.750. The van der Waals surface area contributed by atoms with Crippen LogP contribution in [0, 0.1) is 5.92 Å². The Bertz CT molecular complexity index is 228. The van der Waals surface area contributed by atoms with Gasteiger partial charge in [-0.05, 0) is 37.2 Å². The van der Waals surface area contributed by atoms with Crippen LogP contribution in [0.25, 0.3) is 0 Å². The van der Waals surface area contributed by atoms with Gasteiger partial charge in [0.05, 0.1) is 0 Å². The minimum atomic E-state index is 0. The van der Waals surface area contributed by atoms with Crippen molar-refractivity contribution in [1.82, 2.24) is 10.6 Å². The number of halogens is 1. The molecular formula is C12H24IN3S. The Morgan fingerprint density at radius 3 is 2.71 bits per heavy atom. The van der Waals surface area contributed by atoms with Gasteiger partial charge in [-0.2, -0.15) is 11.8 Å². The molecule has 1 aliphatic heterocycles. The standard InChI is InChI=1S/C12H23N3S.HI/c1-3-7-14-12(13-4-2)15-10-11-5-8-16-9-6-11;/h3,11H,1,4-10H2,2H3,(H2,13,14,15);1H. The lowest BCUT2D eigenvalue weighted by molar-refractivity contribution is 0.501. The third-order valence-electron chi connectivity index (χ3n) is 2.61. The summed E-state index contributed by atoms with van der Waals surface area (Å²) in [5.74, 6) is 4.30. The maximum Gasteiger partial charge on any atom is 0.191 e. The number of thioether (sulfide) groups is 1. The van der Waals surface area contributed by atoms with E-state index in [0.717, 1.165) is 31.5 Å². The molecule has 1 aliphatic rings. The van der Waals surface area contributed by atoms with Gasteiger partial charge in [0.2, 0.25) is 0 Å². The van der Waals surface area contributed by atoms with E-state index in [9.17, 15) is 0 Å². The topological polar surface area (TPSA) is 36.4 Å². The first kappa shape index (κ1) is 17.1. The zero-order valence-corrected chi connectivity index (χ0v) is 13.7. The summed E-state index contributed by atoms with van der Waals surface area (Å²) in [5, 5.41) is 6.47. The number of nitrogens with zero attached hydrogens (tertiary/aromatic N) is 1. The fourth-order valence-electron chi connectivity index (χ4n) is 1.66. The van der Waals surface area contributed by atoms with E-state index >= 15 is 0 Å². The highest BCUT2D eigenvalue weighted by Crippen LogP contribution is 2.22. The minimum absolute atomic E-state index is 0. The maximum atomic E-state index is 4.61. The Morgan fingerprint density at radius 2 is 2.12 bits per heavy atom. The van der Waals surface area contributed by atoms with Crippen LogP contribution in [0.15, 0.2) is 17.6 Å². The molecule has 0 atom stereocenters. The van der Waals surface area contributed by atoms with Crippen molar-refractivity contribution in [2.24, 2.45) is 10.9 Å². The van der Waals surface area contributed by atoms with Crippen molar-refractivity contribution in [2.75, 3.05) is 31.1 Å². The molecule has 1 rings (SSSR count). The molecule has 0 bridgehead atoms. The van der Waals surface area contributed by atoms with Crippen LogP contribution in [0.2, 0.25) is 0 Å². The Morgan fingerprint density at radius 1 is 1.41 bits per heavy atom. The van der Waals surface area contributed by atoms with Crippen molar-refractivity contribution in [3.05, 3.63) is 12.7 Å². The molecule has 3 nitrogen and oxygen atoms in total. The summed E-state index contributed by atoms with van der Waals surface area (Å²) >= 11 is 2.06. The first-order valence-electron chi connectivity index (χ1n) is 6.07. The van der Waals surface area contributed by atoms with Gasteiger partial charge < -0.3 is 10.6 Å². The number of aliphatic imine (C=N–C) groups is 1. The first-order chi connectivity index (χ1) is 7.86. The van der Waals surface area contributed by atoms with Gasteiger partial charge in [0.15, 0.2) is 5.96 Å². The highest BCUT2D eigenvalue weighted by Gasteiger charge is 2.12. The van der Waals surface area contributed by atoms with Crippen molar-refractivity contribution < 1.29 is 0 Å². The summed E-state index contributed by atoms with van der Waals surface area (Å²) in [4.78, 5) is 4.61. The summed E-state index contributed by atoms with van der Waals surface area (Å²) in [6, 6.07) is 0. The molecule has 1 heterocycles. The van der Waals surface area contributed by atoms with Crippen LogP contribution < -0.4 is 10.6 Å². The van der Waals surface area contributed by atoms with Crippen molar-refractivity contribution in [2.45, 2.75) is 19.8 Å². The number of nitrogens with one attached hydrogen (secondary N) is 2. The van der Waals surface area contributed by atoms with Gasteiger partial charge in [-0.25, -0.2) is 0 Å². The largest absolute Gasteiger partial charge is 0.357 e. The molecule has 0 unspecified atom stereocenters. The van der Waals surface area contributed by atoms with E-state index in [2.05, 4.69) is 40.9 Å². The number of guanidine groups is 1. The van der Waals surface area contributed by atoms with Crippen LogP contribution in [0.1, 0.15) is 19.8 Å². The number of hydrogen-bond donors (Lipinski definition) is 2. The smallest absolute Gasteiger partial charge is 0.191 e. The Kier molecular flexibility index (Phi) is 11.3. The van der Waals surface area contributed by atoms with Crippen molar-refractivity contribution >= 4 is 41.7 Å². The van der Waals surface area contributed by atoms with Crippen LogP contribution >= 0.6 is 35.7 Å². The van der Waals surface area contributed by atoms with Gasteiger partial charge in [-0.15, -0.1) is 30.6 Å². The maximum absolute atomic E-state index is 4.61. The van der Waals surface area contributed by atoms with Crippen molar-refractivity contribution in [3.63, 3.8) is 0 Å². The molecule has 0 aromatic heterocycles. The Hall–Kier alpha value is 0.0900. The van der Waals surface area contributed by atoms with Crippen LogP contribution in [-0.2, 0) is 0 Å². The Balaban J connectivity index is 0.00000256. The summed E-state index contributed by atoms with van der Waals surface area (Å²) in [6.45, 7) is 8.41.